The average molecular weight is 619 g/mol. The van der Waals surface area contributed by atoms with Crippen molar-refractivity contribution in [1.82, 2.24) is 19.7 Å². The Morgan fingerprint density at radius 1 is 0.905 bits per heavy atom. The van der Waals surface area contributed by atoms with Gasteiger partial charge < -0.3 is 0 Å². The SMILES string of the molecule is CCCCc1nc(C)n(Cc2c(F)cccc2F)c(=O)c1Cc1ccc(-c2ccccc2-c2noc(=O)[nH]2)cc1.Cl.[Ca]. The third-order valence-electron chi connectivity index (χ3n) is 6.95. The minimum absolute atomic E-state index is 0. The number of unbranched alkanes of at least 4 members (excludes halogenated alkanes) is 1. The first kappa shape index (κ1) is 33.4. The third kappa shape index (κ3) is 7.26. The van der Waals surface area contributed by atoms with Gasteiger partial charge in [0.2, 0.25) is 0 Å². The van der Waals surface area contributed by atoms with Crippen LogP contribution in [0.3, 0.4) is 0 Å². The van der Waals surface area contributed by atoms with Gasteiger partial charge in [-0.2, -0.15) is 0 Å². The van der Waals surface area contributed by atoms with Gasteiger partial charge in [-0.25, -0.2) is 18.6 Å². The van der Waals surface area contributed by atoms with E-state index >= 15 is 0 Å². The van der Waals surface area contributed by atoms with E-state index in [1.807, 2.05) is 48.5 Å². The second kappa shape index (κ2) is 14.9. The molecule has 0 spiro atoms. The first-order chi connectivity index (χ1) is 19.4. The molecule has 0 saturated carbocycles. The quantitative estimate of drug-likeness (QED) is 0.209. The number of nitrogens with zero attached hydrogens (tertiary/aromatic N) is 3. The molecular formula is C31H29CaClF2N4O3. The number of aryl methyl sites for hydroxylation is 2. The van der Waals surface area contributed by atoms with Crippen molar-refractivity contribution < 1.29 is 13.3 Å². The molecule has 7 nitrogen and oxygen atoms in total. The molecule has 0 atom stereocenters. The van der Waals surface area contributed by atoms with Crippen LogP contribution in [0.15, 0.2) is 80.8 Å². The van der Waals surface area contributed by atoms with E-state index in [1.54, 1.807) is 6.92 Å². The van der Waals surface area contributed by atoms with Gasteiger partial charge in [0.15, 0.2) is 5.82 Å². The summed E-state index contributed by atoms with van der Waals surface area (Å²) in [5, 5.41) is 3.81. The van der Waals surface area contributed by atoms with Gasteiger partial charge in [-0.3, -0.25) is 18.9 Å². The Labute approximate surface area is 277 Å². The van der Waals surface area contributed by atoms with Crippen molar-refractivity contribution in [3.05, 3.63) is 127 Å². The van der Waals surface area contributed by atoms with Crippen LogP contribution in [0, 0.1) is 18.6 Å². The first-order valence-corrected chi connectivity index (χ1v) is 13.1. The predicted octanol–water partition coefficient (Wildman–Crippen LogP) is 5.86. The number of nitrogens with one attached hydrogen (secondary N) is 1. The first-order valence-electron chi connectivity index (χ1n) is 13.1. The zero-order valence-electron chi connectivity index (χ0n) is 23.3. The number of H-pyrrole nitrogens is 1. The molecule has 5 aromatic rings. The molecule has 11 heteroatoms. The molecule has 0 unspecified atom stereocenters. The summed E-state index contributed by atoms with van der Waals surface area (Å²) in [5.41, 5.74) is 4.11. The maximum absolute atomic E-state index is 14.4. The summed E-state index contributed by atoms with van der Waals surface area (Å²) in [4.78, 5) is 32.5. The average Bonchev–Trinajstić information content (AvgIpc) is 3.39. The second-order valence-corrected chi connectivity index (χ2v) is 9.64. The van der Waals surface area contributed by atoms with Crippen molar-refractivity contribution in [2.24, 2.45) is 0 Å². The fourth-order valence-electron chi connectivity index (χ4n) is 4.81. The van der Waals surface area contributed by atoms with Crippen LogP contribution in [0.2, 0.25) is 0 Å². The smallest absolute Gasteiger partial charge is 0.296 e. The number of hydrogen-bond acceptors (Lipinski definition) is 5. The van der Waals surface area contributed by atoms with Gasteiger partial charge >= 0.3 is 5.76 Å². The summed E-state index contributed by atoms with van der Waals surface area (Å²) in [6.07, 6.45) is 2.76. The minimum Gasteiger partial charge on any atom is -0.296 e. The van der Waals surface area contributed by atoms with Gasteiger partial charge in [-0.05, 0) is 48.6 Å². The van der Waals surface area contributed by atoms with Crippen LogP contribution in [-0.2, 0) is 19.4 Å². The standard InChI is InChI=1S/C31H28F2N4O3.Ca.ClH/c1-3-4-12-28-24(30(38)37(19(2)34-28)18-25-26(32)10-7-11-27(25)33)17-20-13-15-21(16-14-20)22-8-5-6-9-23(22)29-35-31(39)40-36-29;;/h5-11,13-16H,3-4,12,17-18H2,1-2H3,(H,35,36,39);;1H. The molecule has 0 aliphatic rings. The van der Waals surface area contributed by atoms with Crippen molar-refractivity contribution >= 4 is 50.1 Å². The molecule has 0 bridgehead atoms. The van der Waals surface area contributed by atoms with Crippen LogP contribution >= 0.6 is 12.4 Å². The molecule has 5 rings (SSSR count). The Bertz CT molecular complexity index is 1760. The molecule has 1 N–H and O–H groups in total. The maximum Gasteiger partial charge on any atom is 0.439 e. The molecule has 0 saturated heterocycles. The number of benzene rings is 3. The van der Waals surface area contributed by atoms with E-state index in [2.05, 4.69) is 21.6 Å². The maximum atomic E-state index is 14.4. The Hall–Kier alpha value is -3.11. The molecule has 3 aromatic carbocycles. The molecule has 2 aromatic heterocycles. The van der Waals surface area contributed by atoms with Gasteiger partial charge in [0, 0.05) is 60.8 Å². The van der Waals surface area contributed by atoms with Crippen LogP contribution in [-0.4, -0.2) is 57.4 Å². The topological polar surface area (TPSA) is 93.8 Å². The van der Waals surface area contributed by atoms with Crippen LogP contribution in [0.4, 0.5) is 8.78 Å². The fourth-order valence-corrected chi connectivity index (χ4v) is 4.81. The molecule has 42 heavy (non-hydrogen) atoms. The van der Waals surface area contributed by atoms with Crippen molar-refractivity contribution in [2.75, 3.05) is 0 Å². The summed E-state index contributed by atoms with van der Waals surface area (Å²) in [6, 6.07) is 18.9. The van der Waals surface area contributed by atoms with Crippen molar-refractivity contribution in [3.8, 4) is 22.5 Å². The van der Waals surface area contributed by atoms with Gasteiger partial charge in [0.05, 0.1) is 12.2 Å². The number of rotatable bonds is 9. The van der Waals surface area contributed by atoms with Gasteiger partial charge in [0.25, 0.3) is 5.56 Å². The van der Waals surface area contributed by atoms with Gasteiger partial charge in [-0.15, -0.1) is 12.4 Å². The van der Waals surface area contributed by atoms with Crippen molar-refractivity contribution in [3.63, 3.8) is 0 Å². The molecule has 2 radical (unpaired) electrons. The van der Waals surface area contributed by atoms with E-state index in [0.717, 1.165) is 29.5 Å². The molecule has 0 fully saturated rings. The zero-order valence-corrected chi connectivity index (χ0v) is 26.3. The monoisotopic (exact) mass is 618 g/mol. The van der Waals surface area contributed by atoms with E-state index in [9.17, 15) is 18.4 Å². The third-order valence-corrected chi connectivity index (χ3v) is 6.95. The largest absolute Gasteiger partial charge is 0.439 e. The molecule has 2 heterocycles. The van der Waals surface area contributed by atoms with E-state index in [4.69, 9.17) is 4.98 Å². The molecule has 0 aliphatic heterocycles. The Morgan fingerprint density at radius 2 is 1.57 bits per heavy atom. The zero-order chi connectivity index (χ0) is 28.2. The summed E-state index contributed by atoms with van der Waals surface area (Å²) in [6.45, 7) is 3.52. The number of aromatic nitrogens is 4. The summed E-state index contributed by atoms with van der Waals surface area (Å²) in [7, 11) is 0. The van der Waals surface area contributed by atoms with Crippen molar-refractivity contribution in [1.29, 1.82) is 0 Å². The van der Waals surface area contributed by atoms with E-state index in [-0.39, 0.29) is 67.8 Å². The van der Waals surface area contributed by atoms with Crippen LogP contribution in [0.5, 0.6) is 0 Å². The van der Waals surface area contributed by atoms with Crippen LogP contribution < -0.4 is 11.3 Å². The Balaban J connectivity index is 0.00000242. The van der Waals surface area contributed by atoms with Crippen LogP contribution in [0.1, 0.15) is 48.0 Å². The van der Waals surface area contributed by atoms with Gasteiger partial charge in [0.1, 0.15) is 17.5 Å². The fraction of sp³-hybridized carbons (Fsp3) is 0.226. The summed E-state index contributed by atoms with van der Waals surface area (Å²) in [5.74, 6) is -1.28. The Morgan fingerprint density at radius 3 is 2.19 bits per heavy atom. The summed E-state index contributed by atoms with van der Waals surface area (Å²) < 4.78 is 34.8. The second-order valence-electron chi connectivity index (χ2n) is 9.64. The number of aromatic amines is 1. The van der Waals surface area contributed by atoms with E-state index < -0.39 is 17.4 Å². The molecule has 0 aliphatic carbocycles. The molecular weight excluding hydrogens is 590 g/mol. The Kier molecular flexibility index (Phi) is 11.8. The van der Waals surface area contributed by atoms with Crippen molar-refractivity contribution in [2.45, 2.75) is 46.1 Å². The molecule has 0 amide bonds. The molecule has 214 valence electrons. The minimum atomic E-state index is -0.700. The van der Waals surface area contributed by atoms with Crippen LogP contribution in [0.25, 0.3) is 22.5 Å². The normalized spacial score (nSPS) is 10.7. The number of halogens is 3. The summed E-state index contributed by atoms with van der Waals surface area (Å²) >= 11 is 0. The number of hydrogen-bond donors (Lipinski definition) is 1. The van der Waals surface area contributed by atoms with E-state index in [0.29, 0.717) is 41.3 Å². The predicted molar refractivity (Wildman–Crippen MR) is 161 cm³/mol. The van der Waals surface area contributed by atoms with Gasteiger partial charge in [-0.1, -0.05) is 73.1 Å². The van der Waals surface area contributed by atoms with E-state index in [1.165, 1.54) is 22.8 Å².